The fraction of sp³-hybridized carbons (Fsp3) is 0.833. The lowest BCUT2D eigenvalue weighted by atomic mass is 10.1. The third kappa shape index (κ3) is 2.43. The summed E-state index contributed by atoms with van der Waals surface area (Å²) in [6.45, 7) is 5.50. The highest BCUT2D eigenvalue weighted by Crippen LogP contribution is 2.18. The molecule has 16 heavy (non-hydrogen) atoms. The van der Waals surface area contributed by atoms with E-state index in [9.17, 15) is 9.59 Å². The standard InChI is InChI=1S/C12H20N2O2/c1-10-9-11(15)14(12(10)16)8-7-13-5-3-2-4-6-13/h10H,2-9H2,1H3. The number of likely N-dealkylation sites (tertiary alicyclic amines) is 2. The first-order valence-corrected chi connectivity index (χ1v) is 6.25. The molecule has 0 aromatic heterocycles. The Bertz CT molecular complexity index is 285. The molecule has 90 valence electrons. The first-order valence-electron chi connectivity index (χ1n) is 6.25. The van der Waals surface area contributed by atoms with Crippen molar-refractivity contribution in [1.29, 1.82) is 0 Å². The van der Waals surface area contributed by atoms with E-state index in [4.69, 9.17) is 0 Å². The first kappa shape index (κ1) is 11.6. The number of amides is 2. The van der Waals surface area contributed by atoms with Gasteiger partial charge in [-0.05, 0) is 25.9 Å². The number of imide groups is 1. The Balaban J connectivity index is 1.80. The van der Waals surface area contributed by atoms with E-state index >= 15 is 0 Å². The summed E-state index contributed by atoms with van der Waals surface area (Å²) in [5.74, 6) is -0.0784. The molecule has 2 heterocycles. The Morgan fingerprint density at radius 1 is 1.12 bits per heavy atom. The van der Waals surface area contributed by atoms with Crippen LogP contribution in [0.5, 0.6) is 0 Å². The maximum atomic E-state index is 11.7. The highest BCUT2D eigenvalue weighted by Gasteiger charge is 2.35. The van der Waals surface area contributed by atoms with Crippen LogP contribution in [0.4, 0.5) is 0 Å². The van der Waals surface area contributed by atoms with Crippen LogP contribution in [-0.4, -0.2) is 47.8 Å². The largest absolute Gasteiger partial charge is 0.302 e. The van der Waals surface area contributed by atoms with E-state index in [2.05, 4.69) is 4.90 Å². The van der Waals surface area contributed by atoms with Crippen LogP contribution in [0.1, 0.15) is 32.6 Å². The molecule has 4 heteroatoms. The predicted molar refractivity (Wildman–Crippen MR) is 60.8 cm³/mol. The monoisotopic (exact) mass is 224 g/mol. The summed E-state index contributed by atoms with van der Waals surface area (Å²) in [6.07, 6.45) is 4.21. The Labute approximate surface area is 96.6 Å². The number of carbonyl (C=O) groups excluding carboxylic acids is 2. The molecule has 0 spiro atoms. The van der Waals surface area contributed by atoms with Crippen molar-refractivity contribution in [1.82, 2.24) is 9.80 Å². The summed E-state index contributed by atoms with van der Waals surface area (Å²) < 4.78 is 0. The van der Waals surface area contributed by atoms with E-state index in [1.807, 2.05) is 6.92 Å². The van der Waals surface area contributed by atoms with Crippen LogP contribution in [0.3, 0.4) is 0 Å². The molecule has 0 aromatic rings. The van der Waals surface area contributed by atoms with Crippen molar-refractivity contribution in [3.63, 3.8) is 0 Å². The van der Waals surface area contributed by atoms with Crippen LogP contribution in [0.15, 0.2) is 0 Å². The molecular weight excluding hydrogens is 204 g/mol. The minimum Gasteiger partial charge on any atom is -0.302 e. The average molecular weight is 224 g/mol. The molecule has 4 nitrogen and oxygen atoms in total. The Morgan fingerprint density at radius 3 is 2.38 bits per heavy atom. The molecule has 1 atom stereocenters. The van der Waals surface area contributed by atoms with E-state index in [0.29, 0.717) is 13.0 Å². The molecule has 2 amide bonds. The third-order valence-electron chi connectivity index (χ3n) is 3.56. The lowest BCUT2D eigenvalue weighted by Gasteiger charge is -2.27. The second kappa shape index (κ2) is 4.95. The predicted octanol–water partition coefficient (Wildman–Crippen LogP) is 0.867. The van der Waals surface area contributed by atoms with Crippen LogP contribution in [-0.2, 0) is 9.59 Å². The van der Waals surface area contributed by atoms with Gasteiger partial charge in [-0.15, -0.1) is 0 Å². The van der Waals surface area contributed by atoms with Gasteiger partial charge in [0.25, 0.3) is 0 Å². The maximum absolute atomic E-state index is 11.7. The van der Waals surface area contributed by atoms with Gasteiger partial charge in [0.1, 0.15) is 0 Å². The topological polar surface area (TPSA) is 40.6 Å². The normalized spacial score (nSPS) is 27.8. The smallest absolute Gasteiger partial charge is 0.232 e. The highest BCUT2D eigenvalue weighted by atomic mass is 16.2. The van der Waals surface area contributed by atoms with Crippen LogP contribution >= 0.6 is 0 Å². The van der Waals surface area contributed by atoms with Gasteiger partial charge in [-0.2, -0.15) is 0 Å². The fourth-order valence-electron chi connectivity index (χ4n) is 2.51. The van der Waals surface area contributed by atoms with Crippen molar-refractivity contribution in [2.45, 2.75) is 32.6 Å². The van der Waals surface area contributed by atoms with E-state index in [1.54, 1.807) is 0 Å². The molecule has 0 aromatic carbocycles. The van der Waals surface area contributed by atoms with Crippen molar-refractivity contribution in [3.05, 3.63) is 0 Å². The summed E-state index contributed by atoms with van der Waals surface area (Å²) in [6, 6.07) is 0. The molecule has 0 radical (unpaired) electrons. The summed E-state index contributed by atoms with van der Waals surface area (Å²) in [5.41, 5.74) is 0. The average Bonchev–Trinajstić information content (AvgIpc) is 2.53. The van der Waals surface area contributed by atoms with Gasteiger partial charge in [0.15, 0.2) is 0 Å². The quantitative estimate of drug-likeness (QED) is 0.668. The van der Waals surface area contributed by atoms with Gasteiger partial charge < -0.3 is 4.90 Å². The van der Waals surface area contributed by atoms with Gasteiger partial charge >= 0.3 is 0 Å². The molecule has 0 saturated carbocycles. The van der Waals surface area contributed by atoms with Crippen molar-refractivity contribution in [2.24, 2.45) is 5.92 Å². The highest BCUT2D eigenvalue weighted by molar-refractivity contribution is 6.03. The molecule has 1 unspecified atom stereocenters. The Kier molecular flexibility index (Phi) is 3.59. The first-order chi connectivity index (χ1) is 7.68. The minimum absolute atomic E-state index is 0.00881. The van der Waals surface area contributed by atoms with Gasteiger partial charge in [0.05, 0.1) is 0 Å². The lowest BCUT2D eigenvalue weighted by molar-refractivity contribution is -0.139. The molecule has 2 aliphatic heterocycles. The minimum atomic E-state index is -0.103. The molecule has 0 N–H and O–H groups in total. The van der Waals surface area contributed by atoms with Crippen molar-refractivity contribution >= 4 is 11.8 Å². The zero-order valence-electron chi connectivity index (χ0n) is 9.95. The molecule has 2 aliphatic rings. The van der Waals surface area contributed by atoms with Crippen LogP contribution in [0.2, 0.25) is 0 Å². The molecule has 2 saturated heterocycles. The molecule has 0 bridgehead atoms. The molecule has 0 aliphatic carbocycles. The van der Waals surface area contributed by atoms with Crippen LogP contribution in [0, 0.1) is 5.92 Å². The number of carbonyl (C=O) groups is 2. The molecule has 2 rings (SSSR count). The Morgan fingerprint density at radius 2 is 1.81 bits per heavy atom. The number of piperidine rings is 1. The second-order valence-electron chi connectivity index (χ2n) is 4.89. The lowest BCUT2D eigenvalue weighted by Crippen LogP contribution is -2.40. The molecule has 2 fully saturated rings. The summed E-state index contributed by atoms with van der Waals surface area (Å²) in [7, 11) is 0. The van der Waals surface area contributed by atoms with E-state index in [1.165, 1.54) is 24.2 Å². The van der Waals surface area contributed by atoms with Crippen molar-refractivity contribution < 1.29 is 9.59 Å². The SMILES string of the molecule is CC1CC(=O)N(CCN2CCCCC2)C1=O. The van der Waals surface area contributed by atoms with E-state index in [0.717, 1.165) is 19.6 Å². The van der Waals surface area contributed by atoms with Gasteiger partial charge in [0, 0.05) is 25.4 Å². The zero-order chi connectivity index (χ0) is 11.5. The molecular formula is C12H20N2O2. The van der Waals surface area contributed by atoms with E-state index < -0.39 is 0 Å². The Hall–Kier alpha value is -0.900. The van der Waals surface area contributed by atoms with Crippen molar-refractivity contribution in [3.8, 4) is 0 Å². The third-order valence-corrected chi connectivity index (χ3v) is 3.56. The second-order valence-corrected chi connectivity index (χ2v) is 4.89. The van der Waals surface area contributed by atoms with Gasteiger partial charge in [-0.1, -0.05) is 13.3 Å². The number of rotatable bonds is 3. The summed E-state index contributed by atoms with van der Waals surface area (Å²) in [5, 5.41) is 0. The zero-order valence-corrected chi connectivity index (χ0v) is 9.95. The fourth-order valence-corrected chi connectivity index (χ4v) is 2.51. The van der Waals surface area contributed by atoms with Crippen LogP contribution < -0.4 is 0 Å². The maximum Gasteiger partial charge on any atom is 0.232 e. The van der Waals surface area contributed by atoms with E-state index in [-0.39, 0.29) is 17.7 Å². The number of hydrogen-bond acceptors (Lipinski definition) is 3. The van der Waals surface area contributed by atoms with Gasteiger partial charge in [-0.3, -0.25) is 14.5 Å². The van der Waals surface area contributed by atoms with Crippen molar-refractivity contribution in [2.75, 3.05) is 26.2 Å². The van der Waals surface area contributed by atoms with Gasteiger partial charge in [0.2, 0.25) is 11.8 Å². The summed E-state index contributed by atoms with van der Waals surface area (Å²) >= 11 is 0. The number of nitrogens with zero attached hydrogens (tertiary/aromatic N) is 2. The van der Waals surface area contributed by atoms with Crippen LogP contribution in [0.25, 0.3) is 0 Å². The number of hydrogen-bond donors (Lipinski definition) is 0. The van der Waals surface area contributed by atoms with Gasteiger partial charge in [-0.25, -0.2) is 0 Å². The summed E-state index contributed by atoms with van der Waals surface area (Å²) in [4.78, 5) is 27.0.